The number of rotatable bonds is 6. The van der Waals surface area contributed by atoms with Gasteiger partial charge in [0.25, 0.3) is 0 Å². The lowest BCUT2D eigenvalue weighted by Crippen LogP contribution is -2.24. The van der Waals surface area contributed by atoms with Gasteiger partial charge in [-0.15, -0.1) is 11.3 Å². The number of fused-ring (bicyclic) bond motifs is 1. The van der Waals surface area contributed by atoms with Crippen LogP contribution in [0, 0.1) is 0 Å². The smallest absolute Gasteiger partial charge is 0.387 e. The van der Waals surface area contributed by atoms with Gasteiger partial charge in [-0.3, -0.25) is 4.79 Å². The van der Waals surface area contributed by atoms with E-state index >= 15 is 0 Å². The van der Waals surface area contributed by atoms with Gasteiger partial charge in [0.1, 0.15) is 10.8 Å². The highest BCUT2D eigenvalue weighted by atomic mass is 32.1. The predicted molar refractivity (Wildman–Crippen MR) is 98.2 cm³/mol. The Morgan fingerprint density at radius 3 is 2.73 bits per heavy atom. The van der Waals surface area contributed by atoms with Crippen molar-refractivity contribution in [1.82, 2.24) is 9.88 Å². The van der Waals surface area contributed by atoms with E-state index in [0.717, 1.165) is 15.2 Å². The van der Waals surface area contributed by atoms with Crippen LogP contribution in [0.15, 0.2) is 54.6 Å². The van der Waals surface area contributed by atoms with Gasteiger partial charge in [-0.1, -0.05) is 30.3 Å². The monoisotopic (exact) mass is 374 g/mol. The first kappa shape index (κ1) is 18.0. The second kappa shape index (κ2) is 8.05. The summed E-state index contributed by atoms with van der Waals surface area (Å²) in [7, 11) is 1.67. The third-order valence-electron chi connectivity index (χ3n) is 3.63. The van der Waals surface area contributed by atoms with Crippen molar-refractivity contribution in [3.8, 4) is 5.75 Å². The largest absolute Gasteiger partial charge is 0.434 e. The molecule has 0 fully saturated rings. The molecule has 2 aromatic carbocycles. The van der Waals surface area contributed by atoms with Gasteiger partial charge < -0.3 is 9.64 Å². The van der Waals surface area contributed by atoms with E-state index in [1.165, 1.54) is 34.5 Å². The van der Waals surface area contributed by atoms with Crippen LogP contribution in [0.25, 0.3) is 16.3 Å². The molecule has 26 heavy (non-hydrogen) atoms. The molecule has 1 aromatic heterocycles. The summed E-state index contributed by atoms with van der Waals surface area (Å²) in [6.07, 6.45) is 2.80. The van der Waals surface area contributed by atoms with Gasteiger partial charge in [0, 0.05) is 18.7 Å². The maximum absolute atomic E-state index is 12.4. The Morgan fingerprint density at radius 1 is 1.23 bits per heavy atom. The molecule has 0 aliphatic rings. The summed E-state index contributed by atoms with van der Waals surface area (Å²) >= 11 is 1.53. The molecular formula is C19H16F2N2O2S. The Morgan fingerprint density at radius 2 is 1.96 bits per heavy atom. The highest BCUT2D eigenvalue weighted by molar-refractivity contribution is 7.18. The van der Waals surface area contributed by atoms with Gasteiger partial charge in [0.05, 0.1) is 16.8 Å². The first-order valence-corrected chi connectivity index (χ1v) is 8.66. The molecule has 3 aromatic rings. The van der Waals surface area contributed by atoms with Gasteiger partial charge in [-0.05, 0) is 24.3 Å². The summed E-state index contributed by atoms with van der Waals surface area (Å²) in [5.74, 6) is -0.225. The molecular weight excluding hydrogens is 358 g/mol. The number of hydrogen-bond donors (Lipinski definition) is 0. The SMILES string of the molecule is CN(Cc1nc2ccccc2s1)C(=O)/C=C/c1ccccc1OC(F)F. The third kappa shape index (κ3) is 4.43. The van der Waals surface area contributed by atoms with Crippen LogP contribution in [0.3, 0.4) is 0 Å². The minimum absolute atomic E-state index is 0.0281. The van der Waals surface area contributed by atoms with Crippen LogP contribution in [0.2, 0.25) is 0 Å². The van der Waals surface area contributed by atoms with E-state index in [1.807, 2.05) is 24.3 Å². The quantitative estimate of drug-likeness (QED) is 0.594. The average molecular weight is 374 g/mol. The lowest BCUT2D eigenvalue weighted by Gasteiger charge is -2.13. The number of aromatic nitrogens is 1. The Hall–Kier alpha value is -2.80. The summed E-state index contributed by atoms with van der Waals surface area (Å²) in [5, 5.41) is 0.830. The number of benzene rings is 2. The molecule has 1 heterocycles. The zero-order chi connectivity index (χ0) is 18.5. The molecule has 0 radical (unpaired) electrons. The lowest BCUT2D eigenvalue weighted by molar-refractivity contribution is -0.125. The number of amides is 1. The average Bonchev–Trinajstić information content (AvgIpc) is 3.02. The van der Waals surface area contributed by atoms with Crippen molar-refractivity contribution in [1.29, 1.82) is 0 Å². The van der Waals surface area contributed by atoms with Crippen LogP contribution >= 0.6 is 11.3 Å². The van der Waals surface area contributed by atoms with Crippen molar-refractivity contribution in [2.75, 3.05) is 7.05 Å². The van der Waals surface area contributed by atoms with Gasteiger partial charge in [0.2, 0.25) is 5.91 Å². The van der Waals surface area contributed by atoms with Crippen molar-refractivity contribution in [3.63, 3.8) is 0 Å². The topological polar surface area (TPSA) is 42.4 Å². The molecule has 134 valence electrons. The van der Waals surface area contributed by atoms with Gasteiger partial charge in [-0.2, -0.15) is 8.78 Å². The maximum Gasteiger partial charge on any atom is 0.387 e. The predicted octanol–water partition coefficient (Wildman–Crippen LogP) is 4.57. The lowest BCUT2D eigenvalue weighted by atomic mass is 10.2. The fourth-order valence-corrected chi connectivity index (χ4v) is 3.40. The van der Waals surface area contributed by atoms with Gasteiger partial charge in [0.15, 0.2) is 0 Å². The van der Waals surface area contributed by atoms with E-state index in [2.05, 4.69) is 9.72 Å². The number of carbonyl (C=O) groups excluding carboxylic acids is 1. The number of thiazole rings is 1. The van der Waals surface area contributed by atoms with E-state index in [-0.39, 0.29) is 11.7 Å². The third-order valence-corrected chi connectivity index (χ3v) is 4.65. The van der Waals surface area contributed by atoms with E-state index in [9.17, 15) is 13.6 Å². The zero-order valence-electron chi connectivity index (χ0n) is 13.9. The number of alkyl halides is 2. The standard InChI is InChI=1S/C19H16F2N2O2S/c1-23(12-17-22-14-7-3-5-9-16(14)26-17)18(24)11-10-13-6-2-4-8-15(13)25-19(20)21/h2-11,19H,12H2,1H3/b11-10+. The van der Waals surface area contributed by atoms with E-state index in [1.54, 1.807) is 25.2 Å². The highest BCUT2D eigenvalue weighted by Gasteiger charge is 2.11. The van der Waals surface area contributed by atoms with Crippen molar-refractivity contribution in [2.24, 2.45) is 0 Å². The van der Waals surface area contributed by atoms with E-state index < -0.39 is 6.61 Å². The second-order valence-corrected chi connectivity index (χ2v) is 6.63. The molecule has 0 saturated carbocycles. The molecule has 4 nitrogen and oxygen atoms in total. The van der Waals surface area contributed by atoms with E-state index in [0.29, 0.717) is 12.1 Å². The number of likely N-dealkylation sites (N-methyl/N-ethyl adjacent to an activating group) is 1. The van der Waals surface area contributed by atoms with Gasteiger partial charge >= 0.3 is 6.61 Å². The Balaban J connectivity index is 1.68. The Labute approximate surface area is 153 Å². The van der Waals surface area contributed by atoms with Crippen molar-refractivity contribution in [3.05, 3.63) is 65.2 Å². The molecule has 0 spiro atoms. The molecule has 0 N–H and O–H groups in total. The summed E-state index contributed by atoms with van der Waals surface area (Å²) in [4.78, 5) is 18.3. The number of hydrogen-bond acceptors (Lipinski definition) is 4. The van der Waals surface area contributed by atoms with Gasteiger partial charge in [-0.25, -0.2) is 4.98 Å². The summed E-state index contributed by atoms with van der Waals surface area (Å²) in [5.41, 5.74) is 1.32. The molecule has 0 saturated heterocycles. The second-order valence-electron chi connectivity index (χ2n) is 5.52. The maximum atomic E-state index is 12.4. The van der Waals surface area contributed by atoms with Crippen molar-refractivity contribution < 1.29 is 18.3 Å². The number of carbonyl (C=O) groups is 1. The Bertz CT molecular complexity index is 907. The molecule has 0 unspecified atom stereocenters. The minimum atomic E-state index is -2.91. The van der Waals surface area contributed by atoms with Crippen molar-refractivity contribution >= 4 is 33.5 Å². The molecule has 0 atom stereocenters. The van der Waals surface area contributed by atoms with E-state index in [4.69, 9.17) is 0 Å². The molecule has 0 aliphatic heterocycles. The van der Waals surface area contributed by atoms with Crippen LogP contribution in [-0.4, -0.2) is 29.5 Å². The molecule has 0 aliphatic carbocycles. The van der Waals surface area contributed by atoms with Crippen LogP contribution in [0.1, 0.15) is 10.6 Å². The summed E-state index contributed by atoms with van der Waals surface area (Å²) < 4.78 is 30.4. The number of ether oxygens (including phenoxy) is 1. The summed E-state index contributed by atoms with van der Waals surface area (Å²) in [6.45, 7) is -2.54. The first-order valence-electron chi connectivity index (χ1n) is 7.84. The normalized spacial score (nSPS) is 11.4. The van der Waals surface area contributed by atoms with Crippen LogP contribution in [-0.2, 0) is 11.3 Å². The molecule has 0 bridgehead atoms. The fraction of sp³-hybridized carbons (Fsp3) is 0.158. The Kier molecular flexibility index (Phi) is 5.58. The van der Waals surface area contributed by atoms with Crippen LogP contribution < -0.4 is 4.74 Å². The zero-order valence-corrected chi connectivity index (χ0v) is 14.7. The fourth-order valence-electron chi connectivity index (χ4n) is 2.38. The molecule has 3 rings (SSSR count). The van der Waals surface area contributed by atoms with Crippen LogP contribution in [0.5, 0.6) is 5.75 Å². The van der Waals surface area contributed by atoms with Crippen LogP contribution in [0.4, 0.5) is 8.78 Å². The molecule has 1 amide bonds. The highest BCUT2D eigenvalue weighted by Crippen LogP contribution is 2.23. The first-order chi connectivity index (χ1) is 12.5. The number of halogens is 2. The van der Waals surface area contributed by atoms with Crippen molar-refractivity contribution in [2.45, 2.75) is 13.2 Å². The summed E-state index contributed by atoms with van der Waals surface area (Å²) in [6, 6.07) is 14.1. The molecule has 7 heteroatoms. The number of para-hydroxylation sites is 2. The number of nitrogens with zero attached hydrogens (tertiary/aromatic N) is 2. The minimum Gasteiger partial charge on any atom is -0.434 e.